The SMILES string of the molecule is CC(C)(C)c1cc(CN=Cc2ccccc2)c(O)c(C(C)(C)C)c1.CC(C)(C)c1cc(CN=Cc2ccccc2)c(O)c(C(C)(C)C)c1.[CH2-]c1ccccc1.[CH2-]c1ccccc1.[Zr+2]. The Morgan fingerprint density at radius 1 is 0.413 bits per heavy atom. The molecule has 0 fully saturated rings. The molecule has 0 spiro atoms. The summed E-state index contributed by atoms with van der Waals surface area (Å²) in [5, 5.41) is 21.5. The molecule has 0 aliphatic carbocycles. The normalized spacial score (nSPS) is 11.6. The molecule has 6 aromatic rings. The second kappa shape index (κ2) is 24.7. The van der Waals surface area contributed by atoms with E-state index in [9.17, 15) is 10.2 Å². The topological polar surface area (TPSA) is 65.2 Å². The number of aliphatic imine (C=N–C) groups is 2. The molecule has 0 aromatic heterocycles. The van der Waals surface area contributed by atoms with Crippen molar-refractivity contribution in [3.8, 4) is 11.5 Å². The van der Waals surface area contributed by atoms with Crippen molar-refractivity contribution in [3.05, 3.63) is 215 Å². The van der Waals surface area contributed by atoms with E-state index >= 15 is 0 Å². The summed E-state index contributed by atoms with van der Waals surface area (Å²) >= 11 is 0. The summed E-state index contributed by atoms with van der Waals surface area (Å²) in [5.41, 5.74) is 10.3. The molecule has 0 unspecified atom stereocenters. The van der Waals surface area contributed by atoms with E-state index in [-0.39, 0.29) is 47.9 Å². The van der Waals surface area contributed by atoms with Gasteiger partial charge in [0.1, 0.15) is 11.5 Å². The van der Waals surface area contributed by atoms with Gasteiger partial charge in [-0.15, -0.1) is 24.3 Å². The van der Waals surface area contributed by atoms with Gasteiger partial charge in [-0.05, 0) is 67.2 Å². The van der Waals surface area contributed by atoms with E-state index in [1.807, 2.05) is 134 Å². The summed E-state index contributed by atoms with van der Waals surface area (Å²) < 4.78 is 0. The maximum absolute atomic E-state index is 10.7. The van der Waals surface area contributed by atoms with Crippen LogP contribution in [0.3, 0.4) is 0 Å². The van der Waals surface area contributed by atoms with Crippen molar-refractivity contribution in [2.45, 2.75) is 118 Å². The van der Waals surface area contributed by atoms with E-state index < -0.39 is 0 Å². The summed E-state index contributed by atoms with van der Waals surface area (Å²) in [6.07, 6.45) is 3.72. The van der Waals surface area contributed by atoms with Crippen molar-refractivity contribution in [1.82, 2.24) is 0 Å². The molecule has 4 nitrogen and oxygen atoms in total. The first-order valence-electron chi connectivity index (χ1n) is 21.5. The van der Waals surface area contributed by atoms with Crippen LogP contribution in [0.2, 0.25) is 0 Å². The third-order valence-corrected chi connectivity index (χ3v) is 10.0. The zero-order chi connectivity index (χ0) is 46.1. The number of benzene rings is 6. The van der Waals surface area contributed by atoms with E-state index in [1.54, 1.807) is 0 Å². The van der Waals surface area contributed by atoms with E-state index in [0.717, 1.165) is 44.5 Å². The number of aromatic hydroxyl groups is 2. The minimum atomic E-state index is -0.108. The quantitative estimate of drug-likeness (QED) is 0.129. The van der Waals surface area contributed by atoms with Crippen LogP contribution in [0.1, 0.15) is 139 Å². The van der Waals surface area contributed by atoms with E-state index in [4.69, 9.17) is 0 Å². The Bertz CT molecular complexity index is 2120. The van der Waals surface area contributed by atoms with Gasteiger partial charge in [-0.3, -0.25) is 9.98 Å². The maximum Gasteiger partial charge on any atom is 2.00 e. The first-order chi connectivity index (χ1) is 29.0. The van der Waals surface area contributed by atoms with E-state index in [2.05, 4.69) is 131 Å². The summed E-state index contributed by atoms with van der Waals surface area (Å²) in [7, 11) is 0. The van der Waals surface area contributed by atoms with Gasteiger partial charge in [0.15, 0.2) is 0 Å². The number of rotatable bonds is 6. The fourth-order valence-electron chi connectivity index (χ4n) is 6.17. The standard InChI is InChI=1S/2C22H29NO.2C7H7.Zr/c2*1-21(2,3)18-12-17(20(24)19(13-18)22(4,5)6)15-23-14-16-10-8-7-9-11-16;2*1-7-5-3-2-4-6-7;/h2*7-14,24H,15H2,1-6H3;2*2-6H,1H2;/q;;2*-1;+2. The zero-order valence-electron chi connectivity index (χ0n) is 40.1. The fourth-order valence-corrected chi connectivity index (χ4v) is 6.17. The summed E-state index contributed by atoms with van der Waals surface area (Å²) in [5.74, 6) is 0.751. The Hall–Kier alpha value is -5.12. The molecular weight excluding hydrogens is 848 g/mol. The monoisotopic (exact) mass is 918 g/mol. The van der Waals surface area contributed by atoms with Crippen LogP contribution < -0.4 is 0 Å². The van der Waals surface area contributed by atoms with Gasteiger partial charge in [-0.1, -0.05) is 168 Å². The van der Waals surface area contributed by atoms with Crippen LogP contribution in [0.4, 0.5) is 0 Å². The zero-order valence-corrected chi connectivity index (χ0v) is 42.6. The average molecular weight is 920 g/mol. The molecule has 6 aromatic carbocycles. The number of nitrogens with zero attached hydrogens (tertiary/aromatic N) is 2. The van der Waals surface area contributed by atoms with Gasteiger partial charge in [0.05, 0.1) is 13.1 Å². The maximum atomic E-state index is 10.7. The van der Waals surface area contributed by atoms with Gasteiger partial charge in [0, 0.05) is 23.6 Å². The van der Waals surface area contributed by atoms with Crippen LogP contribution in [0.25, 0.3) is 0 Å². The van der Waals surface area contributed by atoms with Crippen molar-refractivity contribution in [2.75, 3.05) is 0 Å². The molecule has 6 rings (SSSR count). The Labute approximate surface area is 400 Å². The first-order valence-corrected chi connectivity index (χ1v) is 21.5. The van der Waals surface area contributed by atoms with Gasteiger partial charge < -0.3 is 10.2 Å². The smallest absolute Gasteiger partial charge is 0.507 e. The molecule has 63 heavy (non-hydrogen) atoms. The van der Waals surface area contributed by atoms with E-state index in [0.29, 0.717) is 24.6 Å². The summed E-state index contributed by atoms with van der Waals surface area (Å²) in [4.78, 5) is 9.07. The molecule has 5 heteroatoms. The van der Waals surface area contributed by atoms with Gasteiger partial charge in [-0.25, -0.2) is 0 Å². The molecule has 0 aliphatic rings. The van der Waals surface area contributed by atoms with Crippen LogP contribution in [-0.4, -0.2) is 22.6 Å². The molecule has 330 valence electrons. The van der Waals surface area contributed by atoms with Crippen molar-refractivity contribution in [2.24, 2.45) is 9.98 Å². The second-order valence-corrected chi connectivity index (χ2v) is 19.8. The number of hydrogen-bond acceptors (Lipinski definition) is 4. The molecule has 0 amide bonds. The number of phenols is 2. The third kappa shape index (κ3) is 19.0. The van der Waals surface area contributed by atoms with Gasteiger partial charge in [-0.2, -0.15) is 49.2 Å². The van der Waals surface area contributed by atoms with Crippen LogP contribution in [0.15, 0.2) is 156 Å². The molecule has 0 radical (unpaired) electrons. The molecule has 0 atom stereocenters. The van der Waals surface area contributed by atoms with Crippen LogP contribution in [0, 0.1) is 13.8 Å². The van der Waals surface area contributed by atoms with Crippen LogP contribution in [-0.2, 0) is 61.0 Å². The van der Waals surface area contributed by atoms with Gasteiger partial charge in [0.25, 0.3) is 0 Å². The minimum Gasteiger partial charge on any atom is -0.507 e. The number of phenolic OH excluding ortho intramolecular Hbond substituents is 2. The predicted octanol–water partition coefficient (Wildman–Crippen LogP) is 14.9. The molecule has 0 heterocycles. The van der Waals surface area contributed by atoms with Crippen molar-refractivity contribution in [1.29, 1.82) is 0 Å². The summed E-state index contributed by atoms with van der Waals surface area (Å²) in [6.45, 7) is 34.4. The first kappa shape index (κ1) is 54.0. The minimum absolute atomic E-state index is 0. The van der Waals surface area contributed by atoms with Crippen LogP contribution >= 0.6 is 0 Å². The molecule has 2 N–H and O–H groups in total. The Balaban J connectivity index is 0.000000327. The largest absolute Gasteiger partial charge is 2.00 e. The molecule has 0 bridgehead atoms. The van der Waals surface area contributed by atoms with E-state index in [1.165, 1.54) is 11.1 Å². The van der Waals surface area contributed by atoms with Crippen molar-refractivity contribution in [3.63, 3.8) is 0 Å². The van der Waals surface area contributed by atoms with Crippen LogP contribution in [0.5, 0.6) is 11.5 Å². The Morgan fingerprint density at radius 3 is 0.905 bits per heavy atom. The van der Waals surface area contributed by atoms with Gasteiger partial charge >= 0.3 is 26.2 Å². The molecule has 0 saturated carbocycles. The average Bonchev–Trinajstić information content (AvgIpc) is 3.19. The molecular formula is C58H72N2O2Zr. The molecule has 0 saturated heterocycles. The Morgan fingerprint density at radius 2 is 0.683 bits per heavy atom. The Kier molecular flexibility index (Phi) is 21.1. The number of hydrogen-bond donors (Lipinski definition) is 2. The summed E-state index contributed by atoms with van der Waals surface area (Å²) in [6, 6.07) is 48.3. The van der Waals surface area contributed by atoms with Crippen molar-refractivity contribution >= 4 is 12.4 Å². The van der Waals surface area contributed by atoms with Gasteiger partial charge in [0.2, 0.25) is 0 Å². The third-order valence-electron chi connectivity index (χ3n) is 10.0. The van der Waals surface area contributed by atoms with Crippen molar-refractivity contribution < 1.29 is 36.4 Å². The molecule has 0 aliphatic heterocycles. The second-order valence-electron chi connectivity index (χ2n) is 19.8. The fraction of sp³-hybridized carbons (Fsp3) is 0.310. The predicted molar refractivity (Wildman–Crippen MR) is 268 cm³/mol.